The highest BCUT2D eigenvalue weighted by atomic mass is 32.1. The molecule has 5 heteroatoms. The van der Waals surface area contributed by atoms with E-state index in [4.69, 9.17) is 0 Å². The molecule has 0 radical (unpaired) electrons. The Balaban J connectivity index is 1.99. The van der Waals surface area contributed by atoms with E-state index in [0.29, 0.717) is 11.4 Å². The van der Waals surface area contributed by atoms with Crippen LogP contribution in [-0.4, -0.2) is 11.8 Å². The molecule has 2 aromatic rings. The molecular formula is C18H20N2O2S. The Morgan fingerprint density at radius 1 is 1.04 bits per heavy atom. The van der Waals surface area contributed by atoms with Crippen molar-refractivity contribution in [2.45, 2.75) is 20.8 Å². The van der Waals surface area contributed by atoms with Crippen LogP contribution in [0.5, 0.6) is 0 Å². The van der Waals surface area contributed by atoms with E-state index in [9.17, 15) is 9.59 Å². The minimum absolute atomic E-state index is 0.0708. The van der Waals surface area contributed by atoms with Crippen molar-refractivity contribution in [2.75, 3.05) is 10.6 Å². The van der Waals surface area contributed by atoms with E-state index in [1.807, 2.05) is 38.3 Å². The van der Waals surface area contributed by atoms with Crippen LogP contribution in [0, 0.1) is 5.41 Å². The molecule has 2 amide bonds. The Kier molecular flexibility index (Phi) is 5.34. The second-order valence-electron chi connectivity index (χ2n) is 6.12. The molecule has 0 saturated heterocycles. The number of hydrogen-bond donors (Lipinski definition) is 2. The predicted molar refractivity (Wildman–Crippen MR) is 96.5 cm³/mol. The molecule has 0 saturated carbocycles. The van der Waals surface area contributed by atoms with Gasteiger partial charge in [-0.3, -0.25) is 9.59 Å². The molecule has 0 bridgehead atoms. The average Bonchev–Trinajstić information content (AvgIpc) is 2.98. The number of carbonyl (C=O) groups is 2. The van der Waals surface area contributed by atoms with Crippen LogP contribution < -0.4 is 10.6 Å². The fraction of sp³-hybridized carbons (Fsp3) is 0.222. The first-order chi connectivity index (χ1) is 10.8. The summed E-state index contributed by atoms with van der Waals surface area (Å²) in [5.41, 5.74) is 0.824. The second-order valence-corrected chi connectivity index (χ2v) is 7.10. The van der Waals surface area contributed by atoms with Crippen molar-refractivity contribution in [3.63, 3.8) is 0 Å². The molecule has 1 aromatic carbocycles. The topological polar surface area (TPSA) is 58.2 Å². The number of nitrogens with one attached hydrogen (secondary N) is 2. The van der Waals surface area contributed by atoms with Gasteiger partial charge in [-0.1, -0.05) is 32.9 Å². The lowest BCUT2D eigenvalue weighted by Gasteiger charge is -2.18. The van der Waals surface area contributed by atoms with E-state index in [0.717, 1.165) is 4.88 Å². The molecule has 4 nitrogen and oxygen atoms in total. The monoisotopic (exact) mass is 328 g/mol. The lowest BCUT2D eigenvalue weighted by Crippen LogP contribution is -2.27. The molecule has 2 N–H and O–H groups in total. The van der Waals surface area contributed by atoms with Gasteiger partial charge in [0.2, 0.25) is 11.8 Å². The third-order valence-electron chi connectivity index (χ3n) is 3.01. The van der Waals surface area contributed by atoms with E-state index < -0.39 is 5.41 Å². The van der Waals surface area contributed by atoms with Gasteiger partial charge >= 0.3 is 0 Å². The summed E-state index contributed by atoms with van der Waals surface area (Å²) in [6.45, 7) is 5.55. The second kappa shape index (κ2) is 7.24. The van der Waals surface area contributed by atoms with Crippen LogP contribution in [0.25, 0.3) is 6.08 Å². The molecule has 120 valence electrons. The van der Waals surface area contributed by atoms with Gasteiger partial charge in [-0.15, -0.1) is 11.3 Å². The maximum Gasteiger partial charge on any atom is 0.248 e. The number of thiophene rings is 1. The first-order valence-corrected chi connectivity index (χ1v) is 8.17. The van der Waals surface area contributed by atoms with Crippen LogP contribution in [0.2, 0.25) is 0 Å². The van der Waals surface area contributed by atoms with E-state index in [1.54, 1.807) is 41.7 Å². The van der Waals surface area contributed by atoms with Gasteiger partial charge < -0.3 is 10.6 Å². The van der Waals surface area contributed by atoms with Crippen LogP contribution in [0.15, 0.2) is 47.9 Å². The van der Waals surface area contributed by atoms with Crippen LogP contribution in [0.4, 0.5) is 11.4 Å². The van der Waals surface area contributed by atoms with Crippen molar-refractivity contribution in [1.82, 2.24) is 0 Å². The Morgan fingerprint density at radius 2 is 1.74 bits per heavy atom. The van der Waals surface area contributed by atoms with E-state index in [1.165, 1.54) is 6.08 Å². The number of benzene rings is 1. The molecule has 0 atom stereocenters. The predicted octanol–water partition coefficient (Wildman–Crippen LogP) is 4.38. The van der Waals surface area contributed by atoms with Gasteiger partial charge in [-0.05, 0) is 35.7 Å². The van der Waals surface area contributed by atoms with Crippen LogP contribution >= 0.6 is 11.3 Å². The van der Waals surface area contributed by atoms with E-state index in [-0.39, 0.29) is 11.8 Å². The Labute approximate surface area is 140 Å². The summed E-state index contributed by atoms with van der Waals surface area (Å²) < 4.78 is 0. The molecule has 0 unspecified atom stereocenters. The van der Waals surface area contributed by atoms with Crippen LogP contribution in [0.3, 0.4) is 0 Å². The highest BCUT2D eigenvalue weighted by Gasteiger charge is 2.21. The third-order valence-corrected chi connectivity index (χ3v) is 3.85. The lowest BCUT2D eigenvalue weighted by molar-refractivity contribution is -0.123. The van der Waals surface area contributed by atoms with Crippen molar-refractivity contribution < 1.29 is 9.59 Å². The quantitative estimate of drug-likeness (QED) is 0.818. The number of hydrogen-bond acceptors (Lipinski definition) is 3. The summed E-state index contributed by atoms with van der Waals surface area (Å²) >= 11 is 1.57. The zero-order valence-electron chi connectivity index (χ0n) is 13.4. The number of anilines is 2. The number of rotatable bonds is 4. The minimum atomic E-state index is -0.470. The Hall–Kier alpha value is -2.40. The van der Waals surface area contributed by atoms with E-state index in [2.05, 4.69) is 10.6 Å². The Bertz CT molecular complexity index is 713. The first kappa shape index (κ1) is 17.0. The molecule has 0 aliphatic carbocycles. The largest absolute Gasteiger partial charge is 0.326 e. The SMILES string of the molecule is CC(C)(C)C(=O)Nc1cccc(NC(=O)/C=C/c2cccs2)c1. The van der Waals surface area contributed by atoms with Gasteiger partial charge in [-0.2, -0.15) is 0 Å². The summed E-state index contributed by atoms with van der Waals surface area (Å²) in [6.07, 6.45) is 3.26. The van der Waals surface area contributed by atoms with Crippen molar-refractivity contribution >= 4 is 40.6 Å². The fourth-order valence-corrected chi connectivity index (χ4v) is 2.34. The van der Waals surface area contributed by atoms with Gasteiger partial charge in [0.25, 0.3) is 0 Å². The lowest BCUT2D eigenvalue weighted by atomic mass is 9.95. The molecule has 2 rings (SSSR count). The summed E-state index contributed by atoms with van der Waals surface area (Å²) in [5, 5.41) is 7.58. The molecule has 23 heavy (non-hydrogen) atoms. The molecule has 1 aromatic heterocycles. The van der Waals surface area contributed by atoms with Crippen molar-refractivity contribution in [3.8, 4) is 0 Å². The van der Waals surface area contributed by atoms with Gasteiger partial charge in [0.1, 0.15) is 0 Å². The van der Waals surface area contributed by atoms with Gasteiger partial charge in [0.15, 0.2) is 0 Å². The first-order valence-electron chi connectivity index (χ1n) is 7.29. The van der Waals surface area contributed by atoms with Crippen LogP contribution in [-0.2, 0) is 9.59 Å². The fourth-order valence-electron chi connectivity index (χ4n) is 1.72. The molecular weight excluding hydrogens is 308 g/mol. The molecule has 0 fully saturated rings. The summed E-state index contributed by atoms with van der Waals surface area (Å²) in [6, 6.07) is 11.0. The minimum Gasteiger partial charge on any atom is -0.326 e. The standard InChI is InChI=1S/C18H20N2O2S/c1-18(2,3)17(22)20-14-7-4-6-13(12-14)19-16(21)10-9-15-8-5-11-23-15/h4-12H,1-3H3,(H,19,21)(H,20,22)/b10-9+. The normalized spacial score (nSPS) is 11.4. The van der Waals surface area contributed by atoms with Gasteiger partial charge in [0.05, 0.1) is 0 Å². The van der Waals surface area contributed by atoms with Gasteiger partial charge in [-0.25, -0.2) is 0 Å². The maximum absolute atomic E-state index is 12.0. The third kappa shape index (κ3) is 5.38. The molecule has 1 heterocycles. The average molecular weight is 328 g/mol. The van der Waals surface area contributed by atoms with Crippen molar-refractivity contribution in [3.05, 3.63) is 52.7 Å². The maximum atomic E-state index is 12.0. The Morgan fingerprint density at radius 3 is 2.35 bits per heavy atom. The highest BCUT2D eigenvalue weighted by molar-refractivity contribution is 7.10. The highest BCUT2D eigenvalue weighted by Crippen LogP contribution is 2.20. The van der Waals surface area contributed by atoms with Gasteiger partial charge in [0, 0.05) is 27.7 Å². The number of amides is 2. The van der Waals surface area contributed by atoms with Crippen molar-refractivity contribution in [1.29, 1.82) is 0 Å². The zero-order chi connectivity index (χ0) is 16.9. The summed E-state index contributed by atoms with van der Waals surface area (Å²) in [4.78, 5) is 24.9. The van der Waals surface area contributed by atoms with E-state index >= 15 is 0 Å². The number of carbonyl (C=O) groups excluding carboxylic acids is 2. The summed E-state index contributed by atoms with van der Waals surface area (Å²) in [7, 11) is 0. The molecule has 0 aliphatic rings. The zero-order valence-corrected chi connectivity index (χ0v) is 14.2. The molecule has 0 aliphatic heterocycles. The smallest absolute Gasteiger partial charge is 0.248 e. The summed E-state index contributed by atoms with van der Waals surface area (Å²) in [5.74, 6) is -0.281. The van der Waals surface area contributed by atoms with Crippen LogP contribution in [0.1, 0.15) is 25.6 Å². The van der Waals surface area contributed by atoms with Crippen molar-refractivity contribution in [2.24, 2.45) is 5.41 Å². The molecule has 0 spiro atoms.